The predicted octanol–water partition coefficient (Wildman–Crippen LogP) is 4.30. The summed E-state index contributed by atoms with van der Waals surface area (Å²) in [6.45, 7) is 8.18. The molecule has 1 heterocycles. The Balaban J connectivity index is 1.62. The average molecular weight is 454 g/mol. The Morgan fingerprint density at radius 1 is 1.28 bits per heavy atom. The van der Waals surface area contributed by atoms with Gasteiger partial charge < -0.3 is 10.1 Å². The third-order valence-electron chi connectivity index (χ3n) is 4.49. The molecule has 1 amide bonds. The lowest BCUT2D eigenvalue weighted by Crippen LogP contribution is -2.15. The normalized spacial score (nSPS) is 10.6. The van der Waals surface area contributed by atoms with Crippen LogP contribution in [0.5, 0.6) is 5.75 Å². The second kappa shape index (κ2) is 10.6. The third kappa shape index (κ3) is 5.94. The number of nitro groups is 1. The number of nitrogens with zero attached hydrogens (tertiary/aromatic N) is 4. The van der Waals surface area contributed by atoms with Crippen molar-refractivity contribution in [1.29, 1.82) is 0 Å². The van der Waals surface area contributed by atoms with E-state index in [-0.39, 0.29) is 24.0 Å². The number of benzene rings is 2. The Labute approximate surface area is 189 Å². The van der Waals surface area contributed by atoms with E-state index in [0.29, 0.717) is 28.8 Å². The van der Waals surface area contributed by atoms with Gasteiger partial charge in [-0.3, -0.25) is 19.5 Å². The maximum absolute atomic E-state index is 12.4. The van der Waals surface area contributed by atoms with Crippen molar-refractivity contribution in [1.82, 2.24) is 14.8 Å². The highest BCUT2D eigenvalue weighted by Crippen LogP contribution is 2.23. The maximum Gasteiger partial charge on any atom is 0.269 e. The number of hydrogen-bond acceptors (Lipinski definition) is 7. The van der Waals surface area contributed by atoms with Crippen molar-refractivity contribution in [3.63, 3.8) is 0 Å². The van der Waals surface area contributed by atoms with Crippen LogP contribution in [-0.4, -0.2) is 31.3 Å². The van der Waals surface area contributed by atoms with Crippen LogP contribution >= 0.6 is 11.8 Å². The lowest BCUT2D eigenvalue weighted by atomic mass is 10.2. The van der Waals surface area contributed by atoms with Gasteiger partial charge in [0.1, 0.15) is 12.4 Å². The zero-order valence-electron chi connectivity index (χ0n) is 17.8. The summed E-state index contributed by atoms with van der Waals surface area (Å²) in [5.74, 6) is 1.22. The molecule has 10 heteroatoms. The summed E-state index contributed by atoms with van der Waals surface area (Å²) in [6.07, 6.45) is 1.73. The maximum atomic E-state index is 12.4. The largest absolute Gasteiger partial charge is 0.486 e. The number of amides is 1. The van der Waals surface area contributed by atoms with Crippen LogP contribution in [-0.2, 0) is 17.9 Å². The number of carbonyl (C=O) groups is 1. The number of carbonyl (C=O) groups excluding carboxylic acids is 1. The quantitative estimate of drug-likeness (QED) is 0.211. The highest BCUT2D eigenvalue weighted by molar-refractivity contribution is 7.99. The zero-order chi connectivity index (χ0) is 23.1. The number of hydrogen-bond donors (Lipinski definition) is 1. The van der Waals surface area contributed by atoms with E-state index in [1.807, 2.05) is 35.8 Å². The number of rotatable bonds is 10. The van der Waals surface area contributed by atoms with Crippen LogP contribution in [0.3, 0.4) is 0 Å². The number of nitro benzene ring substituents is 1. The van der Waals surface area contributed by atoms with Gasteiger partial charge in [-0.2, -0.15) is 0 Å². The molecule has 0 aliphatic rings. The molecule has 2 aromatic carbocycles. The van der Waals surface area contributed by atoms with Gasteiger partial charge in [-0.15, -0.1) is 16.8 Å². The zero-order valence-corrected chi connectivity index (χ0v) is 18.6. The number of thioether (sulfide) groups is 1. The molecule has 0 radical (unpaired) electrons. The topological polar surface area (TPSA) is 112 Å². The molecule has 0 unspecified atom stereocenters. The fraction of sp³-hybridized carbons (Fsp3) is 0.227. The molecular formula is C22H23N5O4S. The highest BCUT2D eigenvalue weighted by atomic mass is 32.2. The van der Waals surface area contributed by atoms with E-state index in [1.54, 1.807) is 13.0 Å². The molecule has 0 saturated carbocycles. The molecule has 0 spiro atoms. The lowest BCUT2D eigenvalue weighted by Gasteiger charge is -2.10. The summed E-state index contributed by atoms with van der Waals surface area (Å²) in [6, 6.07) is 12.0. The molecule has 166 valence electrons. The monoisotopic (exact) mass is 453 g/mol. The second-order valence-electron chi connectivity index (χ2n) is 7.00. The molecule has 0 saturated heterocycles. The summed E-state index contributed by atoms with van der Waals surface area (Å²) in [4.78, 5) is 22.8. The van der Waals surface area contributed by atoms with E-state index in [1.165, 1.54) is 30.0 Å². The first kappa shape index (κ1) is 23.0. The van der Waals surface area contributed by atoms with Crippen molar-refractivity contribution in [2.45, 2.75) is 32.2 Å². The van der Waals surface area contributed by atoms with Crippen LogP contribution in [0.15, 0.2) is 60.3 Å². The Bertz CT molecular complexity index is 1150. The van der Waals surface area contributed by atoms with E-state index >= 15 is 0 Å². The SMILES string of the molecule is C=CCn1c(COc2cccc(C)c2)nnc1SCC(=O)Nc1ccc([N+](=O)[O-])cc1C. The molecule has 0 bridgehead atoms. The minimum atomic E-state index is -0.471. The molecule has 32 heavy (non-hydrogen) atoms. The van der Waals surface area contributed by atoms with Gasteiger partial charge >= 0.3 is 0 Å². The van der Waals surface area contributed by atoms with Gasteiger partial charge in [0.25, 0.3) is 5.69 Å². The van der Waals surface area contributed by atoms with Crippen molar-refractivity contribution in [2.24, 2.45) is 0 Å². The van der Waals surface area contributed by atoms with Crippen LogP contribution in [0.4, 0.5) is 11.4 Å². The van der Waals surface area contributed by atoms with E-state index in [0.717, 1.165) is 11.3 Å². The lowest BCUT2D eigenvalue weighted by molar-refractivity contribution is -0.384. The number of non-ortho nitro benzene ring substituents is 1. The Morgan fingerprint density at radius 2 is 2.09 bits per heavy atom. The Morgan fingerprint density at radius 3 is 2.78 bits per heavy atom. The fourth-order valence-electron chi connectivity index (χ4n) is 2.92. The van der Waals surface area contributed by atoms with Crippen molar-refractivity contribution in [2.75, 3.05) is 11.1 Å². The smallest absolute Gasteiger partial charge is 0.269 e. The van der Waals surface area contributed by atoms with Crippen LogP contribution in [0.2, 0.25) is 0 Å². The average Bonchev–Trinajstić information content (AvgIpc) is 3.14. The van der Waals surface area contributed by atoms with Crippen molar-refractivity contribution in [3.8, 4) is 5.75 Å². The molecule has 0 atom stereocenters. The minimum absolute atomic E-state index is 0.0205. The molecule has 1 aromatic heterocycles. The van der Waals surface area contributed by atoms with Crippen LogP contribution in [0.25, 0.3) is 0 Å². The van der Waals surface area contributed by atoms with Crippen molar-refractivity contribution < 1.29 is 14.5 Å². The molecule has 1 N–H and O–H groups in total. The molecular weight excluding hydrogens is 430 g/mol. The first-order valence-corrected chi connectivity index (χ1v) is 10.8. The first-order chi connectivity index (χ1) is 15.4. The molecule has 0 fully saturated rings. The Hall–Kier alpha value is -3.66. The number of aryl methyl sites for hydroxylation is 2. The van der Waals surface area contributed by atoms with Crippen LogP contribution in [0.1, 0.15) is 17.0 Å². The van der Waals surface area contributed by atoms with Gasteiger partial charge in [-0.1, -0.05) is 30.0 Å². The van der Waals surface area contributed by atoms with Gasteiger partial charge in [0, 0.05) is 24.4 Å². The molecule has 9 nitrogen and oxygen atoms in total. The van der Waals surface area contributed by atoms with E-state index < -0.39 is 4.92 Å². The number of aromatic nitrogens is 3. The standard InChI is InChI=1S/C22H23N5O4S/c1-4-10-26-20(13-31-18-7-5-6-15(2)11-18)24-25-22(26)32-14-21(28)23-19-9-8-17(27(29)30)12-16(19)3/h4-9,11-12H,1,10,13-14H2,2-3H3,(H,23,28). The summed E-state index contributed by atoms with van der Waals surface area (Å²) in [5, 5.41) is 22.6. The van der Waals surface area contributed by atoms with Crippen molar-refractivity contribution in [3.05, 3.63) is 82.2 Å². The van der Waals surface area contributed by atoms with Gasteiger partial charge in [-0.05, 0) is 43.2 Å². The summed E-state index contributed by atoms with van der Waals surface area (Å²) in [5.41, 5.74) is 2.22. The van der Waals surface area contributed by atoms with Crippen molar-refractivity contribution >= 4 is 29.0 Å². The molecule has 0 aliphatic heterocycles. The van der Waals surface area contributed by atoms with Gasteiger partial charge in [-0.25, -0.2) is 0 Å². The number of nitrogens with one attached hydrogen (secondary N) is 1. The number of anilines is 1. The van der Waals surface area contributed by atoms with E-state index in [4.69, 9.17) is 4.74 Å². The fourth-order valence-corrected chi connectivity index (χ4v) is 3.68. The van der Waals surface area contributed by atoms with Crippen LogP contribution in [0, 0.1) is 24.0 Å². The summed E-state index contributed by atoms with van der Waals surface area (Å²) in [7, 11) is 0. The minimum Gasteiger partial charge on any atom is -0.486 e. The second-order valence-corrected chi connectivity index (χ2v) is 7.94. The molecule has 0 aliphatic carbocycles. The highest BCUT2D eigenvalue weighted by Gasteiger charge is 2.15. The number of allylic oxidation sites excluding steroid dienone is 1. The molecule has 3 aromatic rings. The first-order valence-electron chi connectivity index (χ1n) is 9.77. The third-order valence-corrected chi connectivity index (χ3v) is 5.46. The molecule has 3 rings (SSSR count). The van der Waals surface area contributed by atoms with Gasteiger partial charge in [0.05, 0.1) is 10.7 Å². The predicted molar refractivity (Wildman–Crippen MR) is 123 cm³/mol. The van der Waals surface area contributed by atoms with E-state index in [2.05, 4.69) is 22.1 Å². The van der Waals surface area contributed by atoms with Gasteiger partial charge in [0.15, 0.2) is 11.0 Å². The number of ether oxygens (including phenoxy) is 1. The van der Waals surface area contributed by atoms with Crippen LogP contribution < -0.4 is 10.1 Å². The summed E-state index contributed by atoms with van der Waals surface area (Å²) < 4.78 is 7.67. The van der Waals surface area contributed by atoms with E-state index in [9.17, 15) is 14.9 Å². The summed E-state index contributed by atoms with van der Waals surface area (Å²) >= 11 is 1.24. The van der Waals surface area contributed by atoms with Gasteiger partial charge in [0.2, 0.25) is 5.91 Å². The Kier molecular flexibility index (Phi) is 7.61.